The van der Waals surface area contributed by atoms with Crippen LogP contribution in [0.2, 0.25) is 0 Å². The van der Waals surface area contributed by atoms with Crippen LogP contribution in [-0.4, -0.2) is 20.1 Å². The minimum absolute atomic E-state index is 0.619. The molecule has 0 saturated heterocycles. The van der Waals surface area contributed by atoms with Crippen molar-refractivity contribution < 1.29 is 0 Å². The van der Waals surface area contributed by atoms with E-state index in [1.165, 1.54) is 12.8 Å². The monoisotopic (exact) mass is 287 g/mol. The molecule has 0 spiro atoms. The predicted molar refractivity (Wildman–Crippen MR) is 70.8 cm³/mol. The van der Waals surface area contributed by atoms with Gasteiger partial charge in [0.05, 0.1) is 0 Å². The van der Waals surface area contributed by atoms with Crippen molar-refractivity contribution in [1.29, 1.82) is 0 Å². The summed E-state index contributed by atoms with van der Waals surface area (Å²) in [4.78, 5) is 4.37. The summed E-state index contributed by atoms with van der Waals surface area (Å²) >= 11 is 3.58. The summed E-state index contributed by atoms with van der Waals surface area (Å²) in [6.45, 7) is 7.61. The van der Waals surface area contributed by atoms with Crippen LogP contribution in [0.4, 0.5) is 0 Å². The zero-order valence-electron chi connectivity index (χ0n) is 10.5. The van der Waals surface area contributed by atoms with Gasteiger partial charge >= 0.3 is 0 Å². The van der Waals surface area contributed by atoms with Crippen LogP contribution in [0.3, 0.4) is 0 Å². The summed E-state index contributed by atoms with van der Waals surface area (Å²) < 4.78 is 2.05. The van der Waals surface area contributed by atoms with E-state index in [0.29, 0.717) is 11.8 Å². The number of hydrogen-bond acceptors (Lipinski definition) is 2. The van der Waals surface area contributed by atoms with Gasteiger partial charge in [-0.3, -0.25) is 0 Å². The first kappa shape index (κ1) is 13.7. The first-order valence-corrected chi connectivity index (χ1v) is 7.22. The summed E-state index contributed by atoms with van der Waals surface area (Å²) in [6.07, 6.45) is 5.19. The molecule has 1 rings (SSSR count). The molecule has 0 saturated carbocycles. The Kier molecular flexibility index (Phi) is 6.03. The lowest BCUT2D eigenvalue weighted by Crippen LogP contribution is -2.15. The molecule has 0 aromatic carbocycles. The summed E-state index contributed by atoms with van der Waals surface area (Å²) in [7, 11) is 0. The maximum absolute atomic E-state index is 4.37. The van der Waals surface area contributed by atoms with Crippen LogP contribution in [0.5, 0.6) is 0 Å². The van der Waals surface area contributed by atoms with Crippen LogP contribution < -0.4 is 0 Å². The molecular formula is C12H22BrN3. The van der Waals surface area contributed by atoms with E-state index in [4.69, 9.17) is 0 Å². The van der Waals surface area contributed by atoms with Gasteiger partial charge < -0.3 is 0 Å². The Labute approximate surface area is 107 Å². The van der Waals surface area contributed by atoms with E-state index in [-0.39, 0.29) is 0 Å². The fourth-order valence-corrected chi connectivity index (χ4v) is 2.40. The Morgan fingerprint density at radius 3 is 2.75 bits per heavy atom. The highest BCUT2D eigenvalue weighted by atomic mass is 79.9. The lowest BCUT2D eigenvalue weighted by molar-refractivity contribution is 0.440. The van der Waals surface area contributed by atoms with Crippen LogP contribution in [0, 0.1) is 11.8 Å². The molecule has 0 fully saturated rings. The van der Waals surface area contributed by atoms with Crippen LogP contribution in [0.15, 0.2) is 6.33 Å². The molecule has 1 atom stereocenters. The normalized spacial score (nSPS) is 13.3. The van der Waals surface area contributed by atoms with Crippen molar-refractivity contribution >= 4 is 15.9 Å². The Balaban J connectivity index is 2.61. The van der Waals surface area contributed by atoms with Gasteiger partial charge in [0.15, 0.2) is 0 Å². The van der Waals surface area contributed by atoms with Crippen molar-refractivity contribution in [2.24, 2.45) is 11.8 Å². The summed E-state index contributed by atoms with van der Waals surface area (Å²) in [6, 6.07) is 0. The third-order valence-electron chi connectivity index (χ3n) is 2.62. The number of aromatic nitrogens is 3. The molecule has 0 N–H and O–H groups in total. The van der Waals surface area contributed by atoms with Gasteiger partial charge in [-0.2, -0.15) is 5.10 Å². The largest absolute Gasteiger partial charge is 0.250 e. The van der Waals surface area contributed by atoms with Gasteiger partial charge in [0.25, 0.3) is 0 Å². The quantitative estimate of drug-likeness (QED) is 0.721. The molecule has 16 heavy (non-hydrogen) atoms. The van der Waals surface area contributed by atoms with Crippen molar-refractivity contribution in [2.75, 3.05) is 5.33 Å². The molecule has 1 heterocycles. The smallest absolute Gasteiger partial charge is 0.138 e. The van der Waals surface area contributed by atoms with E-state index in [9.17, 15) is 0 Å². The number of alkyl halides is 1. The molecule has 1 aromatic heterocycles. The second kappa shape index (κ2) is 7.05. The third-order valence-corrected chi connectivity index (χ3v) is 3.54. The highest BCUT2D eigenvalue weighted by Gasteiger charge is 2.12. The molecule has 1 aromatic rings. The molecule has 0 aliphatic rings. The average Bonchev–Trinajstić information content (AvgIpc) is 2.64. The highest BCUT2D eigenvalue weighted by Crippen LogP contribution is 2.15. The molecule has 1 unspecified atom stereocenters. The molecule has 92 valence electrons. The van der Waals surface area contributed by atoms with E-state index < -0.39 is 0 Å². The molecule has 4 heteroatoms. The summed E-state index contributed by atoms with van der Waals surface area (Å²) in [5.74, 6) is 2.43. The first-order chi connectivity index (χ1) is 7.67. The van der Waals surface area contributed by atoms with Gasteiger partial charge in [0, 0.05) is 18.3 Å². The minimum Gasteiger partial charge on any atom is -0.250 e. The molecule has 0 amide bonds. The number of hydrogen-bond donors (Lipinski definition) is 0. The van der Waals surface area contributed by atoms with Crippen molar-refractivity contribution in [3.8, 4) is 0 Å². The Morgan fingerprint density at radius 2 is 2.19 bits per heavy atom. The Morgan fingerprint density at radius 1 is 1.44 bits per heavy atom. The molecule has 0 aliphatic heterocycles. The minimum atomic E-state index is 0.619. The van der Waals surface area contributed by atoms with E-state index >= 15 is 0 Å². The molecule has 0 radical (unpaired) electrons. The molecule has 3 nitrogen and oxygen atoms in total. The van der Waals surface area contributed by atoms with Crippen LogP contribution in [0.25, 0.3) is 0 Å². The lowest BCUT2D eigenvalue weighted by Gasteiger charge is -2.14. The second-order valence-electron chi connectivity index (χ2n) is 4.77. The fourth-order valence-electron chi connectivity index (χ4n) is 1.84. The molecular weight excluding hydrogens is 266 g/mol. The molecule has 0 bridgehead atoms. The Bertz CT molecular complexity index is 296. The van der Waals surface area contributed by atoms with Crippen molar-refractivity contribution in [3.63, 3.8) is 0 Å². The summed E-state index contributed by atoms with van der Waals surface area (Å²) in [5.41, 5.74) is 0. The number of rotatable bonds is 7. The standard InChI is InChI=1S/C12H22BrN3/c1-4-5-11(7-13)6-12-14-9-15-16(12)8-10(2)3/h9-11H,4-8H2,1-3H3. The second-order valence-corrected chi connectivity index (χ2v) is 5.41. The highest BCUT2D eigenvalue weighted by molar-refractivity contribution is 9.09. The first-order valence-electron chi connectivity index (χ1n) is 6.10. The van der Waals surface area contributed by atoms with E-state index in [2.05, 4.69) is 51.5 Å². The predicted octanol–water partition coefficient (Wildman–Crippen LogP) is 3.29. The fraction of sp³-hybridized carbons (Fsp3) is 0.833. The number of nitrogens with zero attached hydrogens (tertiary/aromatic N) is 3. The van der Waals surface area contributed by atoms with Crippen molar-refractivity contribution in [1.82, 2.24) is 14.8 Å². The van der Waals surface area contributed by atoms with Gasteiger partial charge in [-0.15, -0.1) is 0 Å². The maximum Gasteiger partial charge on any atom is 0.138 e. The van der Waals surface area contributed by atoms with Crippen LogP contribution in [0.1, 0.15) is 39.4 Å². The van der Waals surface area contributed by atoms with E-state index in [1.807, 2.05) is 0 Å². The van der Waals surface area contributed by atoms with E-state index in [1.54, 1.807) is 6.33 Å². The third kappa shape index (κ3) is 4.24. The van der Waals surface area contributed by atoms with Crippen molar-refractivity contribution in [3.05, 3.63) is 12.2 Å². The zero-order valence-corrected chi connectivity index (χ0v) is 12.1. The summed E-state index contributed by atoms with van der Waals surface area (Å²) in [5, 5.41) is 5.35. The number of halogens is 1. The SMILES string of the molecule is CCCC(CBr)Cc1ncnn1CC(C)C. The average molecular weight is 288 g/mol. The van der Waals surface area contributed by atoms with Gasteiger partial charge in [0.1, 0.15) is 12.2 Å². The van der Waals surface area contributed by atoms with E-state index in [0.717, 1.165) is 24.1 Å². The van der Waals surface area contributed by atoms with Gasteiger partial charge in [0.2, 0.25) is 0 Å². The van der Waals surface area contributed by atoms with Gasteiger partial charge in [-0.05, 0) is 18.3 Å². The maximum atomic E-state index is 4.37. The van der Waals surface area contributed by atoms with Crippen LogP contribution in [-0.2, 0) is 13.0 Å². The van der Waals surface area contributed by atoms with Gasteiger partial charge in [-0.1, -0.05) is 43.1 Å². The topological polar surface area (TPSA) is 30.7 Å². The van der Waals surface area contributed by atoms with Crippen molar-refractivity contribution in [2.45, 2.75) is 46.6 Å². The lowest BCUT2D eigenvalue weighted by atomic mass is 10.0. The van der Waals surface area contributed by atoms with Crippen LogP contribution >= 0.6 is 15.9 Å². The van der Waals surface area contributed by atoms with Gasteiger partial charge in [-0.25, -0.2) is 9.67 Å². The Hall–Kier alpha value is -0.380. The zero-order chi connectivity index (χ0) is 12.0. The molecule has 0 aliphatic carbocycles.